The van der Waals surface area contributed by atoms with Crippen LogP contribution in [0.15, 0.2) is 24.3 Å². The molecule has 2 heterocycles. The first kappa shape index (κ1) is 17.5. The van der Waals surface area contributed by atoms with Crippen LogP contribution in [0.25, 0.3) is 0 Å². The molecular weight excluding hydrogens is 320 g/mol. The zero-order valence-corrected chi connectivity index (χ0v) is 15.7. The Morgan fingerprint density at radius 3 is 2.42 bits per heavy atom. The van der Waals surface area contributed by atoms with Crippen molar-refractivity contribution in [2.45, 2.75) is 52.5 Å². The van der Waals surface area contributed by atoms with Crippen molar-refractivity contribution >= 4 is 11.3 Å². The number of ether oxygens (including phenoxy) is 2. The summed E-state index contributed by atoms with van der Waals surface area (Å²) in [7, 11) is 0. The van der Waals surface area contributed by atoms with Crippen LogP contribution in [0.1, 0.15) is 65.7 Å². The SMILES string of the molecule is Cc1nc(C(C)C)sc1[C@@H](C)NCc1ccc(C2OCCO2)cc1. The molecule has 0 aliphatic carbocycles. The number of aryl methyl sites for hydroxylation is 1. The van der Waals surface area contributed by atoms with Crippen LogP contribution in [0.3, 0.4) is 0 Å². The highest BCUT2D eigenvalue weighted by atomic mass is 32.1. The summed E-state index contributed by atoms with van der Waals surface area (Å²) in [5.41, 5.74) is 3.49. The number of aromatic nitrogens is 1. The van der Waals surface area contributed by atoms with Crippen LogP contribution in [0.2, 0.25) is 0 Å². The van der Waals surface area contributed by atoms with E-state index in [2.05, 4.69) is 57.3 Å². The van der Waals surface area contributed by atoms with Gasteiger partial charge in [0.1, 0.15) is 0 Å². The van der Waals surface area contributed by atoms with E-state index >= 15 is 0 Å². The number of benzene rings is 1. The predicted octanol–water partition coefficient (Wildman–Crippen LogP) is 4.47. The Labute approximate surface area is 148 Å². The van der Waals surface area contributed by atoms with E-state index in [-0.39, 0.29) is 6.29 Å². The second-order valence-corrected chi connectivity index (χ2v) is 7.64. The molecule has 0 unspecified atom stereocenters. The summed E-state index contributed by atoms with van der Waals surface area (Å²) in [6.45, 7) is 10.9. The lowest BCUT2D eigenvalue weighted by molar-refractivity contribution is -0.0441. The van der Waals surface area contributed by atoms with Gasteiger partial charge in [0.2, 0.25) is 0 Å². The minimum absolute atomic E-state index is 0.194. The Kier molecular flexibility index (Phi) is 5.66. The summed E-state index contributed by atoms with van der Waals surface area (Å²) >= 11 is 1.82. The van der Waals surface area contributed by atoms with Gasteiger partial charge in [0.25, 0.3) is 0 Å². The molecule has 0 saturated carbocycles. The number of nitrogens with one attached hydrogen (secondary N) is 1. The minimum Gasteiger partial charge on any atom is -0.346 e. The van der Waals surface area contributed by atoms with Crippen LogP contribution >= 0.6 is 11.3 Å². The average molecular weight is 346 g/mol. The molecule has 0 spiro atoms. The summed E-state index contributed by atoms with van der Waals surface area (Å²) in [4.78, 5) is 6.03. The van der Waals surface area contributed by atoms with Gasteiger partial charge in [0.05, 0.1) is 23.9 Å². The molecule has 1 N–H and O–H groups in total. The Bertz CT molecular complexity index is 661. The van der Waals surface area contributed by atoms with E-state index in [1.807, 2.05) is 11.3 Å². The number of thiazole rings is 1. The molecule has 1 aliphatic heterocycles. The third-order valence-corrected chi connectivity index (χ3v) is 5.86. The van der Waals surface area contributed by atoms with E-state index in [1.54, 1.807) is 0 Å². The van der Waals surface area contributed by atoms with E-state index in [4.69, 9.17) is 14.5 Å². The monoisotopic (exact) mass is 346 g/mol. The molecule has 3 rings (SSSR count). The highest BCUT2D eigenvalue weighted by Gasteiger charge is 2.18. The van der Waals surface area contributed by atoms with Gasteiger partial charge in [-0.15, -0.1) is 11.3 Å². The molecule has 1 saturated heterocycles. The highest BCUT2D eigenvalue weighted by Crippen LogP contribution is 2.29. The first-order valence-corrected chi connectivity index (χ1v) is 9.39. The van der Waals surface area contributed by atoms with Gasteiger partial charge in [0, 0.05) is 28.9 Å². The van der Waals surface area contributed by atoms with E-state index in [9.17, 15) is 0 Å². The van der Waals surface area contributed by atoms with E-state index < -0.39 is 0 Å². The largest absolute Gasteiger partial charge is 0.346 e. The van der Waals surface area contributed by atoms with Crippen molar-refractivity contribution in [1.82, 2.24) is 10.3 Å². The van der Waals surface area contributed by atoms with E-state index in [0.29, 0.717) is 25.2 Å². The molecule has 1 aromatic heterocycles. The van der Waals surface area contributed by atoms with Crippen molar-refractivity contribution in [3.63, 3.8) is 0 Å². The molecule has 130 valence electrons. The molecule has 2 aromatic rings. The van der Waals surface area contributed by atoms with Gasteiger partial charge in [-0.2, -0.15) is 0 Å². The van der Waals surface area contributed by atoms with Crippen molar-refractivity contribution in [3.05, 3.63) is 51.0 Å². The zero-order chi connectivity index (χ0) is 17.1. The third kappa shape index (κ3) is 4.03. The van der Waals surface area contributed by atoms with Crippen LogP contribution in [0.4, 0.5) is 0 Å². The molecule has 24 heavy (non-hydrogen) atoms. The maximum atomic E-state index is 5.53. The van der Waals surface area contributed by atoms with Crippen molar-refractivity contribution in [2.24, 2.45) is 0 Å². The molecule has 4 nitrogen and oxygen atoms in total. The van der Waals surface area contributed by atoms with Gasteiger partial charge < -0.3 is 14.8 Å². The number of hydrogen-bond donors (Lipinski definition) is 1. The van der Waals surface area contributed by atoms with Crippen molar-refractivity contribution in [1.29, 1.82) is 0 Å². The van der Waals surface area contributed by atoms with Gasteiger partial charge in [-0.05, 0) is 19.4 Å². The van der Waals surface area contributed by atoms with Crippen LogP contribution in [0.5, 0.6) is 0 Å². The maximum absolute atomic E-state index is 5.53. The summed E-state index contributed by atoms with van der Waals surface area (Å²) in [6.07, 6.45) is -0.194. The lowest BCUT2D eigenvalue weighted by Crippen LogP contribution is -2.18. The van der Waals surface area contributed by atoms with E-state index in [1.165, 1.54) is 15.4 Å². The average Bonchev–Trinajstić information content (AvgIpc) is 3.23. The van der Waals surface area contributed by atoms with Crippen LogP contribution < -0.4 is 5.32 Å². The lowest BCUT2D eigenvalue weighted by atomic mass is 10.1. The Balaban J connectivity index is 1.58. The lowest BCUT2D eigenvalue weighted by Gasteiger charge is -2.14. The fraction of sp³-hybridized carbons (Fsp3) is 0.526. The quantitative estimate of drug-likeness (QED) is 0.838. The Morgan fingerprint density at radius 1 is 1.17 bits per heavy atom. The fourth-order valence-electron chi connectivity index (χ4n) is 2.79. The molecule has 1 aromatic carbocycles. The topological polar surface area (TPSA) is 43.4 Å². The van der Waals surface area contributed by atoms with Crippen molar-refractivity contribution < 1.29 is 9.47 Å². The smallest absolute Gasteiger partial charge is 0.184 e. The molecule has 0 bridgehead atoms. The number of nitrogens with zero attached hydrogens (tertiary/aromatic N) is 1. The molecule has 0 amide bonds. The zero-order valence-electron chi connectivity index (χ0n) is 14.8. The van der Waals surface area contributed by atoms with Gasteiger partial charge in [0.15, 0.2) is 6.29 Å². The normalized spacial score (nSPS) is 16.9. The van der Waals surface area contributed by atoms with Crippen LogP contribution in [-0.4, -0.2) is 18.2 Å². The van der Waals surface area contributed by atoms with Gasteiger partial charge in [-0.3, -0.25) is 0 Å². The van der Waals surface area contributed by atoms with Crippen LogP contribution in [-0.2, 0) is 16.0 Å². The molecule has 1 fully saturated rings. The van der Waals surface area contributed by atoms with Crippen LogP contribution in [0, 0.1) is 6.92 Å². The standard InChI is InChI=1S/C19H26N2O2S/c1-12(2)18-21-14(4)17(24-18)13(3)20-11-15-5-7-16(8-6-15)19-22-9-10-23-19/h5-8,12-13,19-20H,9-11H2,1-4H3/t13-/m1/s1. The molecular formula is C19H26N2O2S. The Morgan fingerprint density at radius 2 is 1.83 bits per heavy atom. The van der Waals surface area contributed by atoms with Gasteiger partial charge in [-0.25, -0.2) is 4.98 Å². The van der Waals surface area contributed by atoms with E-state index in [0.717, 1.165) is 17.8 Å². The first-order chi connectivity index (χ1) is 11.5. The second kappa shape index (κ2) is 7.74. The van der Waals surface area contributed by atoms with Crippen molar-refractivity contribution in [2.75, 3.05) is 13.2 Å². The summed E-state index contributed by atoms with van der Waals surface area (Å²) < 4.78 is 11.1. The minimum atomic E-state index is -0.194. The molecule has 5 heteroatoms. The predicted molar refractivity (Wildman–Crippen MR) is 97.3 cm³/mol. The van der Waals surface area contributed by atoms with Gasteiger partial charge >= 0.3 is 0 Å². The number of hydrogen-bond acceptors (Lipinski definition) is 5. The summed E-state index contributed by atoms with van der Waals surface area (Å²) in [5, 5.41) is 4.82. The summed E-state index contributed by atoms with van der Waals surface area (Å²) in [5.74, 6) is 0.488. The fourth-order valence-corrected chi connectivity index (χ4v) is 3.88. The molecule has 1 atom stereocenters. The molecule has 0 radical (unpaired) electrons. The number of rotatable bonds is 6. The molecule has 1 aliphatic rings. The third-order valence-electron chi connectivity index (χ3n) is 4.22. The van der Waals surface area contributed by atoms with Crippen molar-refractivity contribution in [3.8, 4) is 0 Å². The maximum Gasteiger partial charge on any atom is 0.184 e. The first-order valence-electron chi connectivity index (χ1n) is 8.57. The Hall–Kier alpha value is -1.27. The summed E-state index contributed by atoms with van der Waals surface area (Å²) in [6, 6.07) is 8.76. The highest BCUT2D eigenvalue weighted by molar-refractivity contribution is 7.11. The second-order valence-electron chi connectivity index (χ2n) is 6.57. The van der Waals surface area contributed by atoms with Gasteiger partial charge in [-0.1, -0.05) is 38.1 Å².